The number of ether oxygens (including phenoxy) is 2. The van der Waals surface area contributed by atoms with E-state index in [0.717, 1.165) is 0 Å². The fourth-order valence-corrected chi connectivity index (χ4v) is 1.75. The minimum absolute atomic E-state index is 0.00514. The third kappa shape index (κ3) is 2.00. The molecule has 16 heavy (non-hydrogen) atoms. The number of likely N-dealkylation sites (tertiary alicyclic amines) is 1. The first-order valence-electron chi connectivity index (χ1n) is 4.90. The number of hydrogen-bond donors (Lipinski definition) is 0. The van der Waals surface area contributed by atoms with Gasteiger partial charge in [-0.3, -0.25) is 9.59 Å². The predicted molar refractivity (Wildman–Crippen MR) is 53.7 cm³/mol. The molecule has 1 heterocycles. The highest BCUT2D eigenvalue weighted by Crippen LogP contribution is 2.27. The first kappa shape index (κ1) is 12.5. The molecule has 1 amide bonds. The lowest BCUT2D eigenvalue weighted by Crippen LogP contribution is -2.54. The molecule has 0 bridgehead atoms. The standard InChI is InChI=1S/C10H15NO5/c1-10(8(13)15-2)6-11(9(14)16-3)5-4-7(10)12/h4-6H2,1-3H3/t10-/m0/s1. The summed E-state index contributed by atoms with van der Waals surface area (Å²) in [6.45, 7) is 1.76. The summed E-state index contributed by atoms with van der Waals surface area (Å²) in [7, 11) is 2.48. The van der Waals surface area contributed by atoms with E-state index < -0.39 is 17.5 Å². The van der Waals surface area contributed by atoms with Crippen LogP contribution in [0, 0.1) is 5.41 Å². The van der Waals surface area contributed by atoms with Crippen molar-refractivity contribution >= 4 is 17.8 Å². The Morgan fingerprint density at radius 1 is 1.31 bits per heavy atom. The van der Waals surface area contributed by atoms with Crippen LogP contribution in [0.1, 0.15) is 13.3 Å². The second kappa shape index (κ2) is 4.51. The Hall–Kier alpha value is -1.59. The third-order valence-corrected chi connectivity index (χ3v) is 2.80. The average molecular weight is 229 g/mol. The number of amides is 1. The van der Waals surface area contributed by atoms with Crippen molar-refractivity contribution in [2.24, 2.45) is 5.41 Å². The fraction of sp³-hybridized carbons (Fsp3) is 0.700. The second-order valence-electron chi connectivity index (χ2n) is 3.89. The molecule has 1 rings (SSSR count). The lowest BCUT2D eigenvalue weighted by atomic mass is 9.81. The van der Waals surface area contributed by atoms with Gasteiger partial charge in [-0.05, 0) is 6.92 Å². The number of nitrogens with zero attached hydrogens (tertiary/aromatic N) is 1. The van der Waals surface area contributed by atoms with E-state index in [2.05, 4.69) is 9.47 Å². The molecule has 0 aromatic heterocycles. The summed E-state index contributed by atoms with van der Waals surface area (Å²) in [4.78, 5) is 35.9. The molecule has 1 aliphatic heterocycles. The van der Waals surface area contributed by atoms with Crippen LogP contribution >= 0.6 is 0 Å². The van der Waals surface area contributed by atoms with Gasteiger partial charge in [-0.1, -0.05) is 0 Å². The highest BCUT2D eigenvalue weighted by Gasteiger charge is 2.47. The molecule has 1 aliphatic rings. The molecule has 0 saturated carbocycles. The van der Waals surface area contributed by atoms with Crippen molar-refractivity contribution in [2.45, 2.75) is 13.3 Å². The van der Waals surface area contributed by atoms with Crippen molar-refractivity contribution in [3.05, 3.63) is 0 Å². The first-order valence-corrected chi connectivity index (χ1v) is 4.90. The van der Waals surface area contributed by atoms with Gasteiger partial charge in [0.2, 0.25) is 0 Å². The molecular formula is C10H15NO5. The monoisotopic (exact) mass is 229 g/mol. The molecule has 1 saturated heterocycles. The summed E-state index contributed by atoms with van der Waals surface area (Å²) < 4.78 is 9.14. The third-order valence-electron chi connectivity index (χ3n) is 2.80. The maximum Gasteiger partial charge on any atom is 0.409 e. The molecule has 1 atom stereocenters. The van der Waals surface area contributed by atoms with Crippen LogP contribution in [0.2, 0.25) is 0 Å². The normalized spacial score (nSPS) is 25.2. The van der Waals surface area contributed by atoms with Gasteiger partial charge in [0.05, 0.1) is 14.2 Å². The van der Waals surface area contributed by atoms with Gasteiger partial charge in [-0.25, -0.2) is 4.79 Å². The summed E-state index contributed by atoms with van der Waals surface area (Å²) in [5.74, 6) is -0.828. The van der Waals surface area contributed by atoms with Crippen molar-refractivity contribution in [1.29, 1.82) is 0 Å². The smallest absolute Gasteiger partial charge is 0.409 e. The van der Waals surface area contributed by atoms with Crippen molar-refractivity contribution in [3.8, 4) is 0 Å². The van der Waals surface area contributed by atoms with Crippen molar-refractivity contribution in [3.63, 3.8) is 0 Å². The maximum absolute atomic E-state index is 11.7. The zero-order valence-electron chi connectivity index (χ0n) is 9.61. The topological polar surface area (TPSA) is 72.9 Å². The Kier molecular flexibility index (Phi) is 3.51. The van der Waals surface area contributed by atoms with Crippen LogP contribution in [0.15, 0.2) is 0 Å². The predicted octanol–water partition coefficient (Wildman–Crippen LogP) is 0.207. The molecular weight excluding hydrogens is 214 g/mol. The Morgan fingerprint density at radius 2 is 1.94 bits per heavy atom. The van der Waals surface area contributed by atoms with E-state index in [1.807, 2.05) is 0 Å². The van der Waals surface area contributed by atoms with Gasteiger partial charge in [0.1, 0.15) is 5.41 Å². The number of hydrogen-bond acceptors (Lipinski definition) is 5. The summed E-state index contributed by atoms with van der Waals surface area (Å²) in [5.41, 5.74) is -1.28. The van der Waals surface area contributed by atoms with Gasteiger partial charge in [0.25, 0.3) is 0 Å². The Morgan fingerprint density at radius 3 is 2.44 bits per heavy atom. The second-order valence-corrected chi connectivity index (χ2v) is 3.89. The van der Waals surface area contributed by atoms with Gasteiger partial charge in [0.15, 0.2) is 5.78 Å². The number of methoxy groups -OCH3 is 2. The zero-order valence-corrected chi connectivity index (χ0v) is 9.61. The van der Waals surface area contributed by atoms with Gasteiger partial charge in [-0.2, -0.15) is 0 Å². The highest BCUT2D eigenvalue weighted by atomic mass is 16.5. The first-order chi connectivity index (χ1) is 7.45. The molecule has 0 aromatic rings. The number of esters is 1. The molecule has 0 aliphatic carbocycles. The van der Waals surface area contributed by atoms with Gasteiger partial charge in [0, 0.05) is 19.5 Å². The van der Waals surface area contributed by atoms with Crippen LogP contribution in [0.4, 0.5) is 4.79 Å². The molecule has 6 heteroatoms. The molecule has 90 valence electrons. The van der Waals surface area contributed by atoms with E-state index in [1.165, 1.54) is 26.0 Å². The number of carbonyl (C=O) groups excluding carboxylic acids is 3. The molecule has 0 radical (unpaired) electrons. The van der Waals surface area contributed by atoms with E-state index >= 15 is 0 Å². The van der Waals surface area contributed by atoms with E-state index in [1.54, 1.807) is 0 Å². The highest BCUT2D eigenvalue weighted by molar-refractivity contribution is 6.04. The number of ketones is 1. The molecule has 6 nitrogen and oxygen atoms in total. The zero-order chi connectivity index (χ0) is 12.3. The van der Waals surface area contributed by atoms with E-state index in [9.17, 15) is 14.4 Å². The van der Waals surface area contributed by atoms with Crippen molar-refractivity contribution < 1.29 is 23.9 Å². The Bertz CT molecular complexity index is 317. The number of piperidine rings is 1. The van der Waals surface area contributed by atoms with Crippen LogP contribution in [0.3, 0.4) is 0 Å². The van der Waals surface area contributed by atoms with Crippen LogP contribution in [0.5, 0.6) is 0 Å². The average Bonchev–Trinajstić information content (AvgIpc) is 2.30. The lowest BCUT2D eigenvalue weighted by Gasteiger charge is -2.36. The molecule has 0 aromatic carbocycles. The Balaban J connectivity index is 2.87. The van der Waals surface area contributed by atoms with Gasteiger partial charge < -0.3 is 14.4 Å². The minimum atomic E-state index is -1.28. The minimum Gasteiger partial charge on any atom is -0.468 e. The van der Waals surface area contributed by atoms with Gasteiger partial charge >= 0.3 is 12.1 Å². The molecule has 0 spiro atoms. The largest absolute Gasteiger partial charge is 0.468 e. The van der Waals surface area contributed by atoms with E-state index in [0.29, 0.717) is 0 Å². The molecule has 0 unspecified atom stereocenters. The van der Waals surface area contributed by atoms with Crippen LogP contribution in [-0.4, -0.2) is 50.1 Å². The van der Waals surface area contributed by atoms with Crippen molar-refractivity contribution in [2.75, 3.05) is 27.3 Å². The number of Topliss-reactive ketones (excluding diaryl/α,β-unsaturated/α-hetero) is 1. The summed E-state index contributed by atoms with van der Waals surface area (Å²) >= 11 is 0. The maximum atomic E-state index is 11.7. The van der Waals surface area contributed by atoms with Crippen LogP contribution in [-0.2, 0) is 19.1 Å². The van der Waals surface area contributed by atoms with Crippen LogP contribution < -0.4 is 0 Å². The fourth-order valence-electron chi connectivity index (χ4n) is 1.75. The number of carbonyl (C=O) groups is 3. The summed E-state index contributed by atoms with van der Waals surface area (Å²) in [6, 6.07) is 0. The summed E-state index contributed by atoms with van der Waals surface area (Å²) in [6.07, 6.45) is -0.400. The quantitative estimate of drug-likeness (QED) is 0.474. The summed E-state index contributed by atoms with van der Waals surface area (Å²) in [5, 5.41) is 0. The van der Waals surface area contributed by atoms with E-state index in [4.69, 9.17) is 0 Å². The van der Waals surface area contributed by atoms with Crippen LogP contribution in [0.25, 0.3) is 0 Å². The lowest BCUT2D eigenvalue weighted by molar-refractivity contribution is -0.159. The van der Waals surface area contributed by atoms with E-state index in [-0.39, 0.29) is 25.3 Å². The molecule has 1 fully saturated rings. The van der Waals surface area contributed by atoms with Crippen molar-refractivity contribution in [1.82, 2.24) is 4.90 Å². The van der Waals surface area contributed by atoms with Gasteiger partial charge in [-0.15, -0.1) is 0 Å². The Labute approximate surface area is 93.5 Å². The molecule has 0 N–H and O–H groups in total. The SMILES string of the molecule is COC(=O)N1CCC(=O)[C@@](C)(C(=O)OC)C1. The number of rotatable bonds is 1.